The van der Waals surface area contributed by atoms with E-state index in [0.29, 0.717) is 23.3 Å². The summed E-state index contributed by atoms with van der Waals surface area (Å²) in [6.45, 7) is 7.59. The minimum absolute atomic E-state index is 0.222. The topological polar surface area (TPSA) is 54.0 Å². The number of carbonyl (C=O) groups is 1. The zero-order valence-electron chi connectivity index (χ0n) is 11.1. The van der Waals surface area contributed by atoms with Crippen molar-refractivity contribution in [3.05, 3.63) is 22.8 Å². The maximum atomic E-state index is 11.9. The minimum atomic E-state index is -0.222. The molecule has 0 radical (unpaired) electrons. The monoisotopic (exact) mass is 269 g/mol. The summed E-state index contributed by atoms with van der Waals surface area (Å²) < 4.78 is 0. The van der Waals surface area contributed by atoms with Gasteiger partial charge in [-0.05, 0) is 31.4 Å². The van der Waals surface area contributed by atoms with Crippen LogP contribution in [-0.4, -0.2) is 24.0 Å². The van der Waals surface area contributed by atoms with E-state index in [2.05, 4.69) is 29.5 Å². The maximum Gasteiger partial charge on any atom is 0.271 e. The molecule has 0 fully saturated rings. The van der Waals surface area contributed by atoms with Crippen LogP contribution in [0, 0.1) is 5.92 Å². The molecule has 0 saturated heterocycles. The molecule has 100 valence electrons. The van der Waals surface area contributed by atoms with Crippen LogP contribution < -0.4 is 10.6 Å². The van der Waals surface area contributed by atoms with Gasteiger partial charge in [0.2, 0.25) is 0 Å². The molecular formula is C13H20ClN3O. The molecule has 1 rings (SSSR count). The summed E-state index contributed by atoms with van der Waals surface area (Å²) in [6, 6.07) is 3.45. The summed E-state index contributed by atoms with van der Waals surface area (Å²) in [5, 5.41) is 6.26. The molecule has 0 unspecified atom stereocenters. The number of hydrogen-bond donors (Lipinski definition) is 2. The van der Waals surface area contributed by atoms with E-state index in [-0.39, 0.29) is 11.6 Å². The van der Waals surface area contributed by atoms with Gasteiger partial charge < -0.3 is 10.6 Å². The van der Waals surface area contributed by atoms with E-state index in [0.717, 1.165) is 13.0 Å². The molecule has 0 aliphatic carbocycles. The lowest BCUT2D eigenvalue weighted by molar-refractivity contribution is 0.0947. The Balaban J connectivity index is 2.68. The number of anilines is 1. The molecule has 1 aromatic heterocycles. The molecular weight excluding hydrogens is 250 g/mol. The summed E-state index contributed by atoms with van der Waals surface area (Å²) >= 11 is 5.98. The number of nitrogens with zero attached hydrogens (tertiary/aromatic N) is 1. The van der Waals surface area contributed by atoms with Crippen molar-refractivity contribution >= 4 is 23.3 Å². The van der Waals surface area contributed by atoms with E-state index in [9.17, 15) is 4.79 Å². The maximum absolute atomic E-state index is 11.9. The first-order valence-corrected chi connectivity index (χ1v) is 6.61. The van der Waals surface area contributed by atoms with Crippen molar-refractivity contribution in [2.45, 2.75) is 27.2 Å². The van der Waals surface area contributed by atoms with Crippen LogP contribution in [0.4, 0.5) is 5.82 Å². The smallest absolute Gasteiger partial charge is 0.271 e. The largest absolute Gasteiger partial charge is 0.370 e. The van der Waals surface area contributed by atoms with Gasteiger partial charge in [0.25, 0.3) is 5.91 Å². The molecule has 1 heterocycles. The van der Waals surface area contributed by atoms with E-state index in [4.69, 9.17) is 11.6 Å². The Morgan fingerprint density at radius 2 is 2.17 bits per heavy atom. The molecule has 2 N–H and O–H groups in total. The molecule has 4 nitrogen and oxygen atoms in total. The number of carbonyl (C=O) groups excluding carboxylic acids is 1. The Bertz CT molecular complexity index is 407. The number of hydrogen-bond acceptors (Lipinski definition) is 3. The molecule has 0 aliphatic heterocycles. The molecule has 0 bridgehead atoms. The Hall–Kier alpha value is -1.29. The third-order valence-electron chi connectivity index (χ3n) is 2.43. The zero-order chi connectivity index (χ0) is 13.5. The first-order valence-electron chi connectivity index (χ1n) is 6.23. The van der Waals surface area contributed by atoms with Gasteiger partial charge in [0, 0.05) is 13.1 Å². The average molecular weight is 270 g/mol. The molecule has 0 saturated carbocycles. The van der Waals surface area contributed by atoms with E-state index in [1.54, 1.807) is 12.1 Å². The standard InChI is InChI=1S/C13H20ClN3O/c1-4-15-11-6-5-10(14)12(17-11)13(18)16-8-7-9(2)3/h5-6,9H,4,7-8H2,1-3H3,(H,15,17)(H,16,18). The van der Waals surface area contributed by atoms with Gasteiger partial charge in [-0.25, -0.2) is 4.98 Å². The summed E-state index contributed by atoms with van der Waals surface area (Å²) in [4.78, 5) is 16.1. The summed E-state index contributed by atoms with van der Waals surface area (Å²) in [6.07, 6.45) is 0.941. The van der Waals surface area contributed by atoms with Crippen LogP contribution in [0.5, 0.6) is 0 Å². The molecule has 18 heavy (non-hydrogen) atoms. The van der Waals surface area contributed by atoms with E-state index in [1.807, 2.05) is 6.92 Å². The van der Waals surface area contributed by atoms with Crippen molar-refractivity contribution < 1.29 is 4.79 Å². The van der Waals surface area contributed by atoms with E-state index < -0.39 is 0 Å². The van der Waals surface area contributed by atoms with E-state index >= 15 is 0 Å². The number of amides is 1. The van der Waals surface area contributed by atoms with Crippen molar-refractivity contribution in [3.8, 4) is 0 Å². The van der Waals surface area contributed by atoms with Crippen molar-refractivity contribution in [3.63, 3.8) is 0 Å². The van der Waals surface area contributed by atoms with Crippen LogP contribution in [0.2, 0.25) is 5.02 Å². The zero-order valence-corrected chi connectivity index (χ0v) is 11.8. The Labute approximate surface area is 113 Å². The van der Waals surface area contributed by atoms with Crippen LogP contribution in [0.3, 0.4) is 0 Å². The van der Waals surface area contributed by atoms with Gasteiger partial charge in [0.05, 0.1) is 5.02 Å². The molecule has 0 atom stereocenters. The van der Waals surface area contributed by atoms with Crippen LogP contribution in [0.15, 0.2) is 12.1 Å². The highest BCUT2D eigenvalue weighted by atomic mass is 35.5. The fraction of sp³-hybridized carbons (Fsp3) is 0.538. The van der Waals surface area contributed by atoms with Gasteiger partial charge in [-0.3, -0.25) is 4.79 Å². The second kappa shape index (κ2) is 7.21. The van der Waals surface area contributed by atoms with Crippen molar-refractivity contribution in [1.29, 1.82) is 0 Å². The SMILES string of the molecule is CCNc1ccc(Cl)c(C(=O)NCCC(C)C)n1. The lowest BCUT2D eigenvalue weighted by atomic mass is 10.1. The molecule has 5 heteroatoms. The first-order chi connectivity index (χ1) is 8.54. The van der Waals surface area contributed by atoms with Gasteiger partial charge in [0.1, 0.15) is 11.5 Å². The number of aromatic nitrogens is 1. The molecule has 1 aromatic rings. The van der Waals surface area contributed by atoms with Crippen LogP contribution >= 0.6 is 11.6 Å². The van der Waals surface area contributed by atoms with Gasteiger partial charge in [-0.2, -0.15) is 0 Å². The lowest BCUT2D eigenvalue weighted by Crippen LogP contribution is -2.26. The summed E-state index contributed by atoms with van der Waals surface area (Å²) in [5.41, 5.74) is 0.277. The third kappa shape index (κ3) is 4.53. The number of nitrogens with one attached hydrogen (secondary N) is 2. The fourth-order valence-corrected chi connectivity index (χ4v) is 1.63. The highest BCUT2D eigenvalue weighted by Crippen LogP contribution is 2.16. The Kier molecular flexibility index (Phi) is 5.92. The number of rotatable bonds is 6. The van der Waals surface area contributed by atoms with Gasteiger partial charge in [0.15, 0.2) is 0 Å². The van der Waals surface area contributed by atoms with Crippen LogP contribution in [-0.2, 0) is 0 Å². The van der Waals surface area contributed by atoms with Crippen molar-refractivity contribution in [2.75, 3.05) is 18.4 Å². The number of pyridine rings is 1. The molecule has 0 aromatic carbocycles. The van der Waals surface area contributed by atoms with Gasteiger partial charge in [-0.15, -0.1) is 0 Å². The van der Waals surface area contributed by atoms with Crippen molar-refractivity contribution in [1.82, 2.24) is 10.3 Å². The quantitative estimate of drug-likeness (QED) is 0.835. The van der Waals surface area contributed by atoms with Gasteiger partial charge >= 0.3 is 0 Å². The molecule has 0 aliphatic rings. The normalized spacial score (nSPS) is 10.5. The second-order valence-corrected chi connectivity index (χ2v) is 4.90. The fourth-order valence-electron chi connectivity index (χ4n) is 1.44. The lowest BCUT2D eigenvalue weighted by Gasteiger charge is -2.09. The predicted molar refractivity (Wildman–Crippen MR) is 75.2 cm³/mol. The highest BCUT2D eigenvalue weighted by Gasteiger charge is 2.12. The minimum Gasteiger partial charge on any atom is -0.370 e. The average Bonchev–Trinajstić information content (AvgIpc) is 2.31. The highest BCUT2D eigenvalue weighted by molar-refractivity contribution is 6.33. The number of halogens is 1. The van der Waals surface area contributed by atoms with Crippen LogP contribution in [0.1, 0.15) is 37.7 Å². The predicted octanol–water partition coefficient (Wildman–Crippen LogP) is 2.94. The molecule has 0 spiro atoms. The second-order valence-electron chi connectivity index (χ2n) is 4.50. The first kappa shape index (κ1) is 14.8. The Morgan fingerprint density at radius 1 is 1.44 bits per heavy atom. The molecule has 1 amide bonds. The van der Waals surface area contributed by atoms with Gasteiger partial charge in [-0.1, -0.05) is 25.4 Å². The van der Waals surface area contributed by atoms with E-state index in [1.165, 1.54) is 0 Å². The van der Waals surface area contributed by atoms with Crippen LogP contribution in [0.25, 0.3) is 0 Å². The summed E-state index contributed by atoms with van der Waals surface area (Å²) in [7, 11) is 0. The third-order valence-corrected chi connectivity index (χ3v) is 2.73. The summed E-state index contributed by atoms with van der Waals surface area (Å²) in [5.74, 6) is 0.998. The Morgan fingerprint density at radius 3 is 2.78 bits per heavy atom. The van der Waals surface area contributed by atoms with Crippen molar-refractivity contribution in [2.24, 2.45) is 5.92 Å².